The number of benzene rings is 2. The molecular weight excluding hydrogens is 338 g/mol. The quantitative estimate of drug-likeness (QED) is 0.730. The lowest BCUT2D eigenvalue weighted by Gasteiger charge is -2.05. The van der Waals surface area contributed by atoms with E-state index < -0.39 is 11.6 Å². The van der Waals surface area contributed by atoms with E-state index in [0.29, 0.717) is 4.47 Å². The summed E-state index contributed by atoms with van der Waals surface area (Å²) in [4.78, 5) is 12.0. The van der Waals surface area contributed by atoms with Gasteiger partial charge in [0, 0.05) is 16.5 Å². The molecule has 0 N–H and O–H groups in total. The lowest BCUT2D eigenvalue weighted by molar-refractivity contribution is 0.0992. The van der Waals surface area contributed by atoms with E-state index in [2.05, 4.69) is 15.9 Å². The van der Waals surface area contributed by atoms with Crippen LogP contribution in [0.5, 0.6) is 0 Å². The molecule has 2 aromatic carbocycles. The average molecular weight is 346 g/mol. The largest absolute Gasteiger partial charge is 0.294 e. The van der Waals surface area contributed by atoms with Gasteiger partial charge in [-0.3, -0.25) is 4.79 Å². The van der Waals surface area contributed by atoms with E-state index in [4.69, 9.17) is 11.6 Å². The van der Waals surface area contributed by atoms with Crippen LogP contribution in [0.25, 0.3) is 0 Å². The molecule has 2 rings (SSSR count). The monoisotopic (exact) mass is 344 g/mol. The second kappa shape index (κ2) is 5.80. The summed E-state index contributed by atoms with van der Waals surface area (Å²) in [6.07, 6.45) is -0.128. The molecule has 0 atom stereocenters. The van der Waals surface area contributed by atoms with Crippen LogP contribution in [0.4, 0.5) is 8.78 Å². The Morgan fingerprint density at radius 3 is 2.58 bits per heavy atom. The second-order valence-corrected chi connectivity index (χ2v) is 5.28. The van der Waals surface area contributed by atoms with Crippen LogP contribution in [-0.2, 0) is 6.42 Å². The van der Waals surface area contributed by atoms with Crippen LogP contribution in [0.2, 0.25) is 5.02 Å². The van der Waals surface area contributed by atoms with Crippen LogP contribution in [0, 0.1) is 11.6 Å². The number of ketones is 1. The Hall–Kier alpha value is -1.26. The first kappa shape index (κ1) is 14.2. The maximum absolute atomic E-state index is 13.5. The van der Waals surface area contributed by atoms with Crippen molar-refractivity contribution in [3.8, 4) is 0 Å². The Bertz CT molecular complexity index is 643. The normalized spacial score (nSPS) is 10.5. The third-order valence-corrected chi connectivity index (χ3v) is 3.40. The first-order chi connectivity index (χ1) is 8.97. The van der Waals surface area contributed by atoms with Gasteiger partial charge in [0.15, 0.2) is 5.78 Å². The van der Waals surface area contributed by atoms with Gasteiger partial charge in [0.1, 0.15) is 11.6 Å². The summed E-state index contributed by atoms with van der Waals surface area (Å²) < 4.78 is 27.1. The van der Waals surface area contributed by atoms with Crippen molar-refractivity contribution in [1.82, 2.24) is 0 Å². The average Bonchev–Trinajstić information content (AvgIpc) is 2.33. The molecule has 0 spiro atoms. The standard InChI is InChI=1S/C14H8BrClF2O/c15-9-1-4-13(18)8(5-9)6-14(19)11-3-2-10(17)7-12(11)16/h1-5,7H,6H2. The Balaban J connectivity index is 2.28. The minimum atomic E-state index is -0.518. The summed E-state index contributed by atoms with van der Waals surface area (Å²) in [7, 11) is 0. The number of carbonyl (C=O) groups excluding carboxylic acids is 1. The molecule has 5 heteroatoms. The molecule has 0 saturated heterocycles. The fourth-order valence-corrected chi connectivity index (χ4v) is 2.34. The van der Waals surface area contributed by atoms with Gasteiger partial charge < -0.3 is 0 Å². The van der Waals surface area contributed by atoms with Crippen LogP contribution in [0.1, 0.15) is 15.9 Å². The zero-order chi connectivity index (χ0) is 14.0. The van der Waals surface area contributed by atoms with Gasteiger partial charge in [-0.1, -0.05) is 27.5 Å². The minimum absolute atomic E-state index is 0.0282. The molecule has 1 nitrogen and oxygen atoms in total. The van der Waals surface area contributed by atoms with Crippen LogP contribution >= 0.6 is 27.5 Å². The zero-order valence-corrected chi connectivity index (χ0v) is 11.9. The van der Waals surface area contributed by atoms with E-state index in [0.717, 1.165) is 12.1 Å². The SMILES string of the molecule is O=C(Cc1cc(Br)ccc1F)c1ccc(F)cc1Cl. The molecule has 0 bridgehead atoms. The van der Waals surface area contributed by atoms with Gasteiger partial charge in [0.25, 0.3) is 0 Å². The highest BCUT2D eigenvalue weighted by molar-refractivity contribution is 9.10. The Morgan fingerprint density at radius 2 is 1.89 bits per heavy atom. The van der Waals surface area contributed by atoms with E-state index in [1.54, 1.807) is 6.07 Å². The summed E-state index contributed by atoms with van der Waals surface area (Å²) in [5.74, 6) is -1.34. The van der Waals surface area contributed by atoms with Gasteiger partial charge in [-0.15, -0.1) is 0 Å². The molecule has 0 saturated carbocycles. The predicted molar refractivity (Wildman–Crippen MR) is 73.5 cm³/mol. The van der Waals surface area contributed by atoms with Gasteiger partial charge in [-0.05, 0) is 42.0 Å². The van der Waals surface area contributed by atoms with Crippen molar-refractivity contribution >= 4 is 33.3 Å². The van der Waals surface area contributed by atoms with E-state index in [9.17, 15) is 13.6 Å². The molecule has 2 aromatic rings. The molecule has 0 aromatic heterocycles. The summed E-state index contributed by atoms with van der Waals surface area (Å²) >= 11 is 9.01. The number of halogens is 4. The maximum Gasteiger partial charge on any atom is 0.168 e. The van der Waals surface area contributed by atoms with E-state index in [-0.39, 0.29) is 28.4 Å². The highest BCUT2D eigenvalue weighted by Crippen LogP contribution is 2.21. The van der Waals surface area contributed by atoms with Crippen molar-refractivity contribution in [2.75, 3.05) is 0 Å². The molecular formula is C14H8BrClF2O. The molecule has 0 aliphatic heterocycles. The van der Waals surface area contributed by atoms with E-state index in [1.165, 1.54) is 18.2 Å². The number of hydrogen-bond donors (Lipinski definition) is 0. The van der Waals surface area contributed by atoms with E-state index in [1.807, 2.05) is 0 Å². The number of rotatable bonds is 3. The van der Waals surface area contributed by atoms with Crippen LogP contribution in [0.3, 0.4) is 0 Å². The zero-order valence-electron chi connectivity index (χ0n) is 9.59. The lowest BCUT2D eigenvalue weighted by atomic mass is 10.0. The first-order valence-electron chi connectivity index (χ1n) is 5.39. The molecule has 98 valence electrons. The Morgan fingerprint density at radius 1 is 1.16 bits per heavy atom. The first-order valence-corrected chi connectivity index (χ1v) is 6.56. The second-order valence-electron chi connectivity index (χ2n) is 3.96. The number of Topliss-reactive ketones (excluding diaryl/α,β-unsaturated/α-hetero) is 1. The smallest absolute Gasteiger partial charge is 0.168 e. The van der Waals surface area contributed by atoms with Crippen molar-refractivity contribution in [1.29, 1.82) is 0 Å². The third kappa shape index (κ3) is 3.39. The number of hydrogen-bond acceptors (Lipinski definition) is 1. The molecule has 0 unspecified atom stereocenters. The summed E-state index contributed by atoms with van der Waals surface area (Å²) in [5.41, 5.74) is 0.446. The topological polar surface area (TPSA) is 17.1 Å². The molecule has 0 fully saturated rings. The van der Waals surface area contributed by atoms with Crippen molar-refractivity contribution in [3.63, 3.8) is 0 Å². The van der Waals surface area contributed by atoms with Crippen LogP contribution in [-0.4, -0.2) is 5.78 Å². The van der Waals surface area contributed by atoms with Crippen molar-refractivity contribution in [2.45, 2.75) is 6.42 Å². The van der Waals surface area contributed by atoms with Crippen molar-refractivity contribution in [2.24, 2.45) is 0 Å². The van der Waals surface area contributed by atoms with E-state index >= 15 is 0 Å². The molecule has 19 heavy (non-hydrogen) atoms. The lowest BCUT2D eigenvalue weighted by Crippen LogP contribution is -2.06. The molecule has 0 radical (unpaired) electrons. The maximum atomic E-state index is 13.5. The third-order valence-electron chi connectivity index (χ3n) is 2.59. The Labute approximate surface area is 122 Å². The summed E-state index contributed by atoms with van der Waals surface area (Å²) in [5, 5.41) is 0.0282. The van der Waals surface area contributed by atoms with Gasteiger partial charge in [-0.25, -0.2) is 8.78 Å². The number of carbonyl (C=O) groups is 1. The molecule has 0 aliphatic carbocycles. The van der Waals surface area contributed by atoms with Gasteiger partial charge in [0.05, 0.1) is 5.02 Å². The van der Waals surface area contributed by atoms with Crippen LogP contribution < -0.4 is 0 Å². The highest BCUT2D eigenvalue weighted by Gasteiger charge is 2.14. The van der Waals surface area contributed by atoms with Crippen molar-refractivity contribution in [3.05, 3.63) is 68.7 Å². The van der Waals surface area contributed by atoms with Gasteiger partial charge in [-0.2, -0.15) is 0 Å². The molecule has 0 heterocycles. The minimum Gasteiger partial charge on any atom is -0.294 e. The summed E-state index contributed by atoms with van der Waals surface area (Å²) in [6, 6.07) is 7.87. The Kier molecular flexibility index (Phi) is 4.32. The van der Waals surface area contributed by atoms with Gasteiger partial charge >= 0.3 is 0 Å². The van der Waals surface area contributed by atoms with Gasteiger partial charge in [0.2, 0.25) is 0 Å². The van der Waals surface area contributed by atoms with Crippen LogP contribution in [0.15, 0.2) is 40.9 Å². The fourth-order valence-electron chi connectivity index (χ4n) is 1.66. The highest BCUT2D eigenvalue weighted by atomic mass is 79.9. The molecule has 0 aliphatic rings. The van der Waals surface area contributed by atoms with Crippen molar-refractivity contribution < 1.29 is 13.6 Å². The predicted octanol–water partition coefficient (Wildman–Crippen LogP) is 4.81. The fraction of sp³-hybridized carbons (Fsp3) is 0.0714. The molecule has 0 amide bonds. The summed E-state index contributed by atoms with van der Waals surface area (Å²) in [6.45, 7) is 0.